The molecular weight excluding hydrogens is 673 g/mol. The number of allylic oxidation sites excluding steroid dienone is 4. The third kappa shape index (κ3) is 30.9. The summed E-state index contributed by atoms with van der Waals surface area (Å²) in [6, 6.07) is 0. The number of ether oxygens (including phenoxy) is 2. The molecule has 0 bridgehead atoms. The van der Waals surface area contributed by atoms with E-state index in [1.165, 1.54) is 96.3 Å². The van der Waals surface area contributed by atoms with Crippen LogP contribution >= 0.6 is 7.60 Å². The molecule has 0 spiro atoms. The van der Waals surface area contributed by atoms with Crippen molar-refractivity contribution in [3.63, 3.8) is 0 Å². The Morgan fingerprint density at radius 2 is 1.00 bits per heavy atom. The highest BCUT2D eigenvalue weighted by Crippen LogP contribution is 2.47. The molecule has 2 unspecified atom stereocenters. The van der Waals surface area contributed by atoms with Crippen molar-refractivity contribution in [3.05, 3.63) is 24.3 Å². The summed E-state index contributed by atoms with van der Waals surface area (Å²) in [6.07, 6.45) is 37.0. The Morgan fingerprint density at radius 1 is 0.577 bits per heavy atom. The van der Waals surface area contributed by atoms with E-state index in [4.69, 9.17) is 14.0 Å². The zero-order valence-corrected chi connectivity index (χ0v) is 35.6. The van der Waals surface area contributed by atoms with Gasteiger partial charge in [-0.3, -0.25) is 9.59 Å². The Bertz CT molecular complexity index is 962. The first-order valence-corrected chi connectivity index (χ1v) is 23.0. The fourth-order valence-corrected chi connectivity index (χ4v) is 8.26. The highest BCUT2D eigenvalue weighted by atomic mass is 31.2. The Balaban J connectivity index is 4.50. The van der Waals surface area contributed by atoms with Crippen molar-refractivity contribution < 1.29 is 37.5 Å². The summed E-state index contributed by atoms with van der Waals surface area (Å²) in [7, 11) is 1.14. The largest absolute Gasteiger partial charge is 0.774 e. The van der Waals surface area contributed by atoms with Crippen molar-refractivity contribution in [2.45, 2.75) is 206 Å². The van der Waals surface area contributed by atoms with Gasteiger partial charge in [0, 0.05) is 19.3 Å². The number of hydrogen-bond donors (Lipinski definition) is 0. The standard InChI is InChI=1S/C43H82NO7P/c1-7-10-12-14-16-18-20-22-23-25-26-28-30-32-34-36-42(45)49-38-40(39-50-52(47,48)41(9-3)44(4,5)6)51-43(46)37-35-33-31-29-27-24-21-19-17-15-13-11-8-2/h13,15,27,29,40-41H,7-12,14,16-26,28,30-39H2,1-6H3/b15-13-,29-27-/t40-,41?/m1/s1. The van der Waals surface area contributed by atoms with E-state index in [1.807, 2.05) is 28.1 Å². The third-order valence-corrected chi connectivity index (χ3v) is 11.9. The highest BCUT2D eigenvalue weighted by Gasteiger charge is 2.34. The quantitative estimate of drug-likeness (QED) is 0.0204. The molecule has 0 fully saturated rings. The molecule has 0 aliphatic carbocycles. The molecule has 3 atom stereocenters. The molecule has 0 aliphatic heterocycles. The number of rotatable bonds is 37. The molecule has 306 valence electrons. The summed E-state index contributed by atoms with van der Waals surface area (Å²) >= 11 is 0. The number of carbonyl (C=O) groups excluding carboxylic acids is 2. The van der Waals surface area contributed by atoms with Gasteiger partial charge in [0.05, 0.1) is 27.7 Å². The van der Waals surface area contributed by atoms with Gasteiger partial charge in [-0.1, -0.05) is 141 Å². The van der Waals surface area contributed by atoms with Crippen LogP contribution in [0, 0.1) is 0 Å². The van der Waals surface area contributed by atoms with Crippen LogP contribution in [0.2, 0.25) is 0 Å². The molecule has 8 nitrogen and oxygen atoms in total. The molecule has 0 N–H and O–H groups in total. The minimum atomic E-state index is -4.29. The van der Waals surface area contributed by atoms with Gasteiger partial charge in [-0.25, -0.2) is 0 Å². The summed E-state index contributed by atoms with van der Waals surface area (Å²) in [5.41, 5.74) is 0. The van der Waals surface area contributed by atoms with Crippen LogP contribution in [-0.2, 0) is 28.2 Å². The summed E-state index contributed by atoms with van der Waals surface area (Å²) in [5, 5.41) is 0. The predicted molar refractivity (Wildman–Crippen MR) is 216 cm³/mol. The van der Waals surface area contributed by atoms with E-state index in [0.29, 0.717) is 19.3 Å². The lowest BCUT2D eigenvalue weighted by atomic mass is 10.0. The van der Waals surface area contributed by atoms with Gasteiger partial charge in [0.1, 0.15) is 6.61 Å². The maximum absolute atomic E-state index is 13.0. The first kappa shape index (κ1) is 50.5. The fourth-order valence-electron chi connectivity index (χ4n) is 6.42. The van der Waals surface area contributed by atoms with Crippen molar-refractivity contribution >= 4 is 19.5 Å². The fraction of sp³-hybridized carbons (Fsp3) is 0.860. The normalized spacial score (nSPS) is 14.5. The maximum Gasteiger partial charge on any atom is 0.306 e. The maximum atomic E-state index is 13.0. The number of unbranched alkanes of at least 4 members (excludes halogenated alkanes) is 20. The molecular formula is C43H82NO7P. The zero-order valence-electron chi connectivity index (χ0n) is 34.7. The first-order chi connectivity index (χ1) is 25.0. The minimum Gasteiger partial charge on any atom is -0.774 e. The average molecular weight is 756 g/mol. The lowest BCUT2D eigenvalue weighted by Gasteiger charge is -2.41. The summed E-state index contributed by atoms with van der Waals surface area (Å²) in [5.74, 6) is -1.54. The summed E-state index contributed by atoms with van der Waals surface area (Å²) in [6.45, 7) is 5.67. The Hall–Kier alpha value is -1.47. The van der Waals surface area contributed by atoms with E-state index in [9.17, 15) is 19.0 Å². The summed E-state index contributed by atoms with van der Waals surface area (Å²) in [4.78, 5) is 38.3. The predicted octanol–water partition coefficient (Wildman–Crippen LogP) is 11.7. The van der Waals surface area contributed by atoms with E-state index < -0.39 is 25.5 Å². The molecule has 9 heteroatoms. The van der Waals surface area contributed by atoms with Gasteiger partial charge in [-0.2, -0.15) is 0 Å². The molecule has 0 radical (unpaired) electrons. The Morgan fingerprint density at radius 3 is 1.46 bits per heavy atom. The van der Waals surface area contributed by atoms with Gasteiger partial charge in [0.2, 0.25) is 0 Å². The number of hydrogen-bond acceptors (Lipinski definition) is 7. The smallest absolute Gasteiger partial charge is 0.306 e. The molecule has 0 rings (SSSR count). The molecule has 0 aliphatic rings. The van der Waals surface area contributed by atoms with Crippen LogP contribution in [0.3, 0.4) is 0 Å². The van der Waals surface area contributed by atoms with Crippen molar-refractivity contribution in [1.82, 2.24) is 0 Å². The van der Waals surface area contributed by atoms with Gasteiger partial charge < -0.3 is 27.9 Å². The van der Waals surface area contributed by atoms with Crippen LogP contribution in [-0.4, -0.2) is 62.7 Å². The second-order valence-electron chi connectivity index (χ2n) is 15.6. The van der Waals surface area contributed by atoms with Crippen molar-refractivity contribution in [2.24, 2.45) is 0 Å². The molecule has 0 heterocycles. The van der Waals surface area contributed by atoms with Gasteiger partial charge in [0.25, 0.3) is 0 Å². The van der Waals surface area contributed by atoms with Crippen molar-refractivity contribution in [3.8, 4) is 0 Å². The molecule has 0 aromatic rings. The first-order valence-electron chi connectivity index (χ1n) is 21.4. The highest BCUT2D eigenvalue weighted by molar-refractivity contribution is 7.51. The van der Waals surface area contributed by atoms with E-state index in [-0.39, 0.29) is 30.1 Å². The zero-order chi connectivity index (χ0) is 38.8. The van der Waals surface area contributed by atoms with Gasteiger partial charge in [-0.05, 0) is 57.8 Å². The second kappa shape index (κ2) is 34.1. The van der Waals surface area contributed by atoms with E-state index in [0.717, 1.165) is 51.4 Å². The monoisotopic (exact) mass is 756 g/mol. The number of esters is 2. The Labute approximate surface area is 321 Å². The number of quaternary nitrogens is 1. The molecule has 0 aromatic carbocycles. The second-order valence-corrected chi connectivity index (χ2v) is 17.5. The molecule has 0 aromatic heterocycles. The van der Waals surface area contributed by atoms with Gasteiger partial charge >= 0.3 is 11.9 Å². The number of nitrogens with zero attached hydrogens (tertiary/aromatic N) is 1. The van der Waals surface area contributed by atoms with Crippen LogP contribution < -0.4 is 4.89 Å². The van der Waals surface area contributed by atoms with Gasteiger partial charge in [-0.15, -0.1) is 0 Å². The molecule has 0 amide bonds. The lowest BCUT2D eigenvalue weighted by molar-refractivity contribution is -0.884. The SMILES string of the molecule is CCC/C=C\CCCC/C=C\CCCCC(=O)O[C@H](COC(=O)CCCCCCCCCCCCCCCCC)COP(=O)([O-])C(CC)[N+](C)(C)C. The van der Waals surface area contributed by atoms with E-state index in [1.54, 1.807) is 0 Å². The minimum absolute atomic E-state index is 0.195. The number of carbonyl (C=O) groups is 2. The molecule has 52 heavy (non-hydrogen) atoms. The average Bonchev–Trinajstić information content (AvgIpc) is 3.09. The van der Waals surface area contributed by atoms with Gasteiger partial charge in [0.15, 0.2) is 19.5 Å². The topological polar surface area (TPSA) is 102 Å². The van der Waals surface area contributed by atoms with Crippen molar-refractivity contribution in [2.75, 3.05) is 34.4 Å². The lowest BCUT2D eigenvalue weighted by Crippen LogP contribution is -2.47. The van der Waals surface area contributed by atoms with E-state index in [2.05, 4.69) is 38.2 Å². The van der Waals surface area contributed by atoms with Crippen LogP contribution in [0.1, 0.15) is 194 Å². The molecule has 0 saturated heterocycles. The summed E-state index contributed by atoms with van der Waals surface area (Å²) < 4.78 is 29.7. The van der Waals surface area contributed by atoms with Crippen LogP contribution in [0.15, 0.2) is 24.3 Å². The molecule has 0 saturated carbocycles. The Kier molecular flexibility index (Phi) is 33.1. The third-order valence-electron chi connectivity index (χ3n) is 9.56. The van der Waals surface area contributed by atoms with Crippen LogP contribution in [0.25, 0.3) is 0 Å². The van der Waals surface area contributed by atoms with Crippen LogP contribution in [0.4, 0.5) is 0 Å². The van der Waals surface area contributed by atoms with Crippen LogP contribution in [0.5, 0.6) is 0 Å². The van der Waals surface area contributed by atoms with E-state index >= 15 is 0 Å². The van der Waals surface area contributed by atoms with Crippen molar-refractivity contribution in [1.29, 1.82) is 0 Å².